The van der Waals surface area contributed by atoms with Gasteiger partial charge in [-0.15, -0.1) is 0 Å². The molecule has 0 radical (unpaired) electrons. The van der Waals surface area contributed by atoms with Crippen LogP contribution >= 0.6 is 11.6 Å². The number of ether oxygens (including phenoxy) is 1. The molecule has 0 unspecified atom stereocenters. The fourth-order valence-electron chi connectivity index (χ4n) is 2.77. The van der Waals surface area contributed by atoms with E-state index in [1.54, 1.807) is 18.2 Å². The van der Waals surface area contributed by atoms with Gasteiger partial charge in [0.25, 0.3) is 0 Å². The quantitative estimate of drug-likeness (QED) is 0.722. The van der Waals surface area contributed by atoms with Crippen LogP contribution in [0.4, 0.5) is 0 Å². The van der Waals surface area contributed by atoms with Crippen LogP contribution in [0.5, 0.6) is 0 Å². The molecule has 1 aliphatic rings. The van der Waals surface area contributed by atoms with E-state index in [-0.39, 0.29) is 18.3 Å². The Kier molecular flexibility index (Phi) is 5.91. The average molecular weight is 378 g/mol. The van der Waals surface area contributed by atoms with Crippen molar-refractivity contribution in [1.29, 1.82) is 0 Å². The summed E-state index contributed by atoms with van der Waals surface area (Å²) in [6, 6.07) is 16.8. The molecule has 3 rings (SSSR count). The highest BCUT2D eigenvalue weighted by Gasteiger charge is 2.31. The third-order valence-electron chi connectivity index (χ3n) is 4.02. The van der Waals surface area contributed by atoms with Crippen LogP contribution in [0.15, 0.2) is 66.7 Å². The molecule has 0 fully saturated rings. The lowest BCUT2D eigenvalue weighted by molar-refractivity contribution is 0.0889. The van der Waals surface area contributed by atoms with Crippen LogP contribution in [-0.4, -0.2) is 31.1 Å². The van der Waals surface area contributed by atoms with Crippen LogP contribution in [0.3, 0.4) is 0 Å². The van der Waals surface area contributed by atoms with Crippen molar-refractivity contribution < 1.29 is 13.2 Å². The van der Waals surface area contributed by atoms with Gasteiger partial charge in [-0.3, -0.25) is 0 Å². The average Bonchev–Trinajstić information content (AvgIpc) is 2.59. The summed E-state index contributed by atoms with van der Waals surface area (Å²) in [6.07, 6.45) is 3.59. The van der Waals surface area contributed by atoms with Crippen molar-refractivity contribution in [2.24, 2.45) is 0 Å². The van der Waals surface area contributed by atoms with E-state index in [0.717, 1.165) is 11.1 Å². The lowest BCUT2D eigenvalue weighted by Crippen LogP contribution is -2.44. The molecule has 0 aromatic heterocycles. The summed E-state index contributed by atoms with van der Waals surface area (Å²) in [5, 5.41) is 0.597. The van der Waals surface area contributed by atoms with Gasteiger partial charge in [-0.25, -0.2) is 8.42 Å². The van der Waals surface area contributed by atoms with Crippen molar-refractivity contribution in [1.82, 2.24) is 4.31 Å². The Morgan fingerprint density at radius 1 is 1.08 bits per heavy atom. The molecular formula is C19H20ClNO3S. The first-order chi connectivity index (χ1) is 12.0. The van der Waals surface area contributed by atoms with E-state index in [1.807, 2.05) is 48.5 Å². The summed E-state index contributed by atoms with van der Waals surface area (Å²) in [7, 11) is -3.36. The maximum absolute atomic E-state index is 12.5. The van der Waals surface area contributed by atoms with E-state index >= 15 is 0 Å². The Morgan fingerprint density at radius 3 is 2.60 bits per heavy atom. The minimum absolute atomic E-state index is 0.0166. The number of hydrogen-bond acceptors (Lipinski definition) is 3. The molecule has 4 nitrogen and oxygen atoms in total. The van der Waals surface area contributed by atoms with Crippen LogP contribution in [0.2, 0.25) is 5.02 Å². The normalized spacial score (nSPS) is 19.8. The van der Waals surface area contributed by atoms with Gasteiger partial charge in [0.2, 0.25) is 10.0 Å². The zero-order chi connectivity index (χ0) is 17.7. The van der Waals surface area contributed by atoms with Crippen LogP contribution in [-0.2, 0) is 27.9 Å². The minimum Gasteiger partial charge on any atom is -0.375 e. The standard InChI is InChI=1S/C19H20ClNO3S/c20-18-9-4-8-17(12-18)13-21-19(10-5-11-25(21,22)23)15-24-14-16-6-2-1-3-7-16/h1-10,12,19H,11,13-15H2/t19-/m1/s1. The summed E-state index contributed by atoms with van der Waals surface area (Å²) in [6.45, 7) is 1.05. The first kappa shape index (κ1) is 18.1. The maximum Gasteiger partial charge on any atom is 0.218 e. The molecule has 0 N–H and O–H groups in total. The molecule has 0 spiro atoms. The van der Waals surface area contributed by atoms with Gasteiger partial charge in [0.1, 0.15) is 0 Å². The topological polar surface area (TPSA) is 46.6 Å². The maximum atomic E-state index is 12.5. The summed E-state index contributed by atoms with van der Waals surface area (Å²) in [4.78, 5) is 0. The Labute approximate surface area is 153 Å². The van der Waals surface area contributed by atoms with Gasteiger partial charge in [0.05, 0.1) is 25.0 Å². The Balaban J connectivity index is 1.69. The molecule has 0 amide bonds. The Bertz CT molecular complexity index is 837. The molecule has 132 valence electrons. The fourth-order valence-corrected chi connectivity index (χ4v) is 4.42. The zero-order valence-electron chi connectivity index (χ0n) is 13.7. The lowest BCUT2D eigenvalue weighted by Gasteiger charge is -2.31. The SMILES string of the molecule is O=S1(=O)CC=C[C@H](COCc2ccccc2)N1Cc1cccc(Cl)c1. The minimum atomic E-state index is -3.36. The van der Waals surface area contributed by atoms with Gasteiger partial charge in [-0.2, -0.15) is 4.31 Å². The monoisotopic (exact) mass is 377 g/mol. The Hall–Kier alpha value is -1.66. The molecule has 1 heterocycles. The highest BCUT2D eigenvalue weighted by molar-refractivity contribution is 7.89. The molecule has 25 heavy (non-hydrogen) atoms. The van der Waals surface area contributed by atoms with Gasteiger partial charge >= 0.3 is 0 Å². The fraction of sp³-hybridized carbons (Fsp3) is 0.263. The predicted octanol–water partition coefficient (Wildman–Crippen LogP) is 3.63. The molecule has 0 saturated heterocycles. The molecule has 2 aromatic carbocycles. The van der Waals surface area contributed by atoms with E-state index in [4.69, 9.17) is 16.3 Å². The second-order valence-corrected chi connectivity index (χ2v) is 8.35. The molecular weight excluding hydrogens is 358 g/mol. The zero-order valence-corrected chi connectivity index (χ0v) is 15.3. The number of nitrogens with zero attached hydrogens (tertiary/aromatic N) is 1. The number of hydrogen-bond donors (Lipinski definition) is 0. The highest BCUT2D eigenvalue weighted by atomic mass is 35.5. The van der Waals surface area contributed by atoms with Crippen molar-refractivity contribution in [3.8, 4) is 0 Å². The van der Waals surface area contributed by atoms with E-state index < -0.39 is 10.0 Å². The summed E-state index contributed by atoms with van der Waals surface area (Å²) in [5.41, 5.74) is 1.92. The summed E-state index contributed by atoms with van der Waals surface area (Å²) >= 11 is 6.01. The van der Waals surface area contributed by atoms with Gasteiger partial charge in [-0.1, -0.05) is 66.2 Å². The van der Waals surface area contributed by atoms with Crippen LogP contribution < -0.4 is 0 Å². The molecule has 1 aliphatic heterocycles. The van der Waals surface area contributed by atoms with Gasteiger partial charge in [-0.05, 0) is 23.3 Å². The number of benzene rings is 2. The first-order valence-corrected chi connectivity index (χ1v) is 10.1. The van der Waals surface area contributed by atoms with E-state index in [9.17, 15) is 8.42 Å². The number of sulfonamides is 1. The van der Waals surface area contributed by atoms with Gasteiger partial charge in [0.15, 0.2) is 0 Å². The van der Waals surface area contributed by atoms with E-state index in [2.05, 4.69) is 0 Å². The molecule has 0 aliphatic carbocycles. The predicted molar refractivity (Wildman–Crippen MR) is 99.8 cm³/mol. The molecule has 6 heteroatoms. The largest absolute Gasteiger partial charge is 0.375 e. The third-order valence-corrected chi connectivity index (χ3v) is 5.98. The van der Waals surface area contributed by atoms with Crippen molar-refractivity contribution in [3.63, 3.8) is 0 Å². The number of rotatable bonds is 6. The molecule has 0 bridgehead atoms. The van der Waals surface area contributed by atoms with Crippen LogP contribution in [0, 0.1) is 0 Å². The summed E-state index contributed by atoms with van der Waals surface area (Å²) < 4.78 is 32.3. The van der Waals surface area contributed by atoms with Crippen LogP contribution in [0.25, 0.3) is 0 Å². The molecule has 2 aromatic rings. The second-order valence-electron chi connectivity index (χ2n) is 5.95. The van der Waals surface area contributed by atoms with Crippen LogP contribution in [0.1, 0.15) is 11.1 Å². The lowest BCUT2D eigenvalue weighted by atomic mass is 10.2. The third kappa shape index (κ3) is 4.92. The van der Waals surface area contributed by atoms with E-state index in [0.29, 0.717) is 18.2 Å². The summed E-state index contributed by atoms with van der Waals surface area (Å²) in [5.74, 6) is 0.0166. The van der Waals surface area contributed by atoms with Crippen molar-refractivity contribution in [3.05, 3.63) is 82.9 Å². The van der Waals surface area contributed by atoms with Gasteiger partial charge in [0, 0.05) is 11.6 Å². The van der Waals surface area contributed by atoms with Gasteiger partial charge < -0.3 is 4.74 Å². The molecule has 0 saturated carbocycles. The first-order valence-electron chi connectivity index (χ1n) is 8.07. The Morgan fingerprint density at radius 2 is 1.84 bits per heavy atom. The van der Waals surface area contributed by atoms with Crippen molar-refractivity contribution >= 4 is 21.6 Å². The molecule has 1 atom stereocenters. The van der Waals surface area contributed by atoms with E-state index in [1.165, 1.54) is 4.31 Å². The number of halogens is 1. The van der Waals surface area contributed by atoms with Crippen molar-refractivity contribution in [2.45, 2.75) is 19.2 Å². The second kappa shape index (κ2) is 8.15. The van der Waals surface area contributed by atoms with Crippen molar-refractivity contribution in [2.75, 3.05) is 12.4 Å². The smallest absolute Gasteiger partial charge is 0.218 e. The highest BCUT2D eigenvalue weighted by Crippen LogP contribution is 2.21.